The highest BCUT2D eigenvalue weighted by Crippen LogP contribution is 2.52. The van der Waals surface area contributed by atoms with Crippen LogP contribution in [0, 0.1) is 11.8 Å². The Morgan fingerprint density at radius 2 is 1.83 bits per heavy atom. The molecule has 0 aromatic carbocycles. The van der Waals surface area contributed by atoms with Crippen molar-refractivity contribution in [2.24, 2.45) is 24.0 Å². The number of fused-ring (bicyclic) bond motifs is 2. The third-order valence-electron chi connectivity index (χ3n) is 5.89. The highest BCUT2D eigenvalue weighted by molar-refractivity contribution is 6.27. The summed E-state index contributed by atoms with van der Waals surface area (Å²) in [7, 11) is 1.75. The molecule has 2 N–H and O–H groups in total. The van der Waals surface area contributed by atoms with Gasteiger partial charge in [0.05, 0.1) is 5.54 Å². The van der Waals surface area contributed by atoms with Gasteiger partial charge in [-0.15, -0.1) is 5.10 Å². The van der Waals surface area contributed by atoms with Crippen LogP contribution >= 0.6 is 0 Å². The van der Waals surface area contributed by atoms with Gasteiger partial charge < -0.3 is 15.1 Å². The van der Waals surface area contributed by atoms with E-state index in [-0.39, 0.29) is 29.1 Å². The van der Waals surface area contributed by atoms with Gasteiger partial charge in [0, 0.05) is 45.1 Å². The van der Waals surface area contributed by atoms with Gasteiger partial charge in [-0.25, -0.2) is 19.6 Å². The molecule has 12 heteroatoms. The summed E-state index contributed by atoms with van der Waals surface area (Å²) in [6.07, 6.45) is 4.35. The van der Waals surface area contributed by atoms with Crippen molar-refractivity contribution in [3.8, 4) is 0 Å². The number of amides is 2. The van der Waals surface area contributed by atoms with Crippen LogP contribution in [0.4, 0.5) is 0 Å². The Bertz CT molecular complexity index is 914. The van der Waals surface area contributed by atoms with Gasteiger partial charge in [0.2, 0.25) is 11.7 Å². The molecule has 2 aliphatic heterocycles. The molecule has 2 amide bonds. The number of carboxylic acids is 2. The molecular formula is C18H24N6O6. The van der Waals surface area contributed by atoms with E-state index in [1.54, 1.807) is 19.0 Å². The molecule has 3 unspecified atom stereocenters. The molecule has 4 rings (SSSR count). The van der Waals surface area contributed by atoms with Crippen molar-refractivity contribution in [2.45, 2.75) is 38.6 Å². The fraction of sp³-hybridized carbons (Fsp3) is 0.611. The Balaban J connectivity index is 0.000000377. The number of rotatable bonds is 1. The van der Waals surface area contributed by atoms with Crippen LogP contribution in [0.1, 0.15) is 43.7 Å². The fourth-order valence-corrected chi connectivity index (χ4v) is 4.83. The second kappa shape index (κ2) is 7.84. The molecule has 1 aromatic rings. The molecule has 3 aliphatic rings. The van der Waals surface area contributed by atoms with Crippen molar-refractivity contribution in [2.75, 3.05) is 13.1 Å². The first-order valence-electron chi connectivity index (χ1n) is 9.51. The molecule has 2 fully saturated rings. The van der Waals surface area contributed by atoms with Gasteiger partial charge in [0.15, 0.2) is 0 Å². The van der Waals surface area contributed by atoms with E-state index in [2.05, 4.69) is 15.2 Å². The zero-order chi connectivity index (χ0) is 22.2. The first-order valence-corrected chi connectivity index (χ1v) is 9.51. The highest BCUT2D eigenvalue weighted by Gasteiger charge is 2.59. The zero-order valence-electron chi connectivity index (χ0n) is 17.0. The Labute approximate surface area is 172 Å². The number of carboxylic acid groups (broad SMARTS) is 2. The van der Waals surface area contributed by atoms with E-state index in [1.165, 1.54) is 11.0 Å². The molecule has 12 nitrogen and oxygen atoms in total. The lowest BCUT2D eigenvalue weighted by Crippen LogP contribution is -2.50. The standard InChI is InChI=1S/C16H22N6O2.C2H2O4/c1-10-6-16(22(18-10)11(2)23)5-4-12-7-21(8-13(12)16)15(24)14-17-9-20(3)19-14;3-1(4)2(5)6/h9,12-13H,4-8H2,1-3H3;(H,3,4)(H,5,6). The monoisotopic (exact) mass is 420 g/mol. The number of hydrazone groups is 1. The molecule has 3 heterocycles. The minimum absolute atomic E-state index is 0.0105. The summed E-state index contributed by atoms with van der Waals surface area (Å²) in [6, 6.07) is 0. The van der Waals surface area contributed by atoms with Crippen LogP contribution in [0.25, 0.3) is 0 Å². The smallest absolute Gasteiger partial charge is 0.414 e. The largest absolute Gasteiger partial charge is 0.473 e. The van der Waals surface area contributed by atoms with Gasteiger partial charge in [-0.05, 0) is 25.7 Å². The molecule has 30 heavy (non-hydrogen) atoms. The fourth-order valence-electron chi connectivity index (χ4n) is 4.83. The Morgan fingerprint density at radius 1 is 1.17 bits per heavy atom. The number of aromatic nitrogens is 3. The predicted molar refractivity (Wildman–Crippen MR) is 101 cm³/mol. The maximum absolute atomic E-state index is 12.7. The first-order chi connectivity index (χ1) is 14.0. The highest BCUT2D eigenvalue weighted by atomic mass is 16.4. The van der Waals surface area contributed by atoms with Gasteiger partial charge in [-0.3, -0.25) is 14.3 Å². The summed E-state index contributed by atoms with van der Waals surface area (Å²) in [6.45, 7) is 4.92. The summed E-state index contributed by atoms with van der Waals surface area (Å²) in [5, 5.41) is 25.1. The van der Waals surface area contributed by atoms with Crippen LogP contribution in [-0.2, 0) is 21.4 Å². The Morgan fingerprint density at radius 3 is 2.37 bits per heavy atom. The van der Waals surface area contributed by atoms with Crippen molar-refractivity contribution in [3.63, 3.8) is 0 Å². The summed E-state index contributed by atoms with van der Waals surface area (Å²) < 4.78 is 1.54. The minimum Gasteiger partial charge on any atom is -0.473 e. The molecule has 0 bridgehead atoms. The van der Waals surface area contributed by atoms with E-state index in [0.717, 1.165) is 25.0 Å². The topological polar surface area (TPSA) is 158 Å². The van der Waals surface area contributed by atoms with E-state index in [0.29, 0.717) is 19.0 Å². The van der Waals surface area contributed by atoms with E-state index < -0.39 is 11.9 Å². The molecule has 3 atom stereocenters. The Kier molecular flexibility index (Phi) is 5.59. The quantitative estimate of drug-likeness (QED) is 0.592. The summed E-state index contributed by atoms with van der Waals surface area (Å²) >= 11 is 0. The maximum atomic E-state index is 12.7. The van der Waals surface area contributed by atoms with Crippen LogP contribution in [0.3, 0.4) is 0 Å². The minimum atomic E-state index is -1.82. The van der Waals surface area contributed by atoms with Crippen molar-refractivity contribution in [1.29, 1.82) is 0 Å². The van der Waals surface area contributed by atoms with Crippen LogP contribution in [0.15, 0.2) is 11.4 Å². The van der Waals surface area contributed by atoms with Gasteiger partial charge in [-0.1, -0.05) is 0 Å². The zero-order valence-corrected chi connectivity index (χ0v) is 17.0. The normalized spacial score (nSPS) is 26.8. The molecule has 1 aromatic heterocycles. The van der Waals surface area contributed by atoms with Crippen molar-refractivity contribution in [3.05, 3.63) is 12.2 Å². The van der Waals surface area contributed by atoms with Crippen LogP contribution in [0.2, 0.25) is 0 Å². The first kappa shape index (κ1) is 21.4. The van der Waals surface area contributed by atoms with Crippen LogP contribution in [0.5, 0.6) is 0 Å². The number of hydrogen-bond donors (Lipinski definition) is 2. The van der Waals surface area contributed by atoms with Gasteiger partial charge >= 0.3 is 11.9 Å². The molecule has 1 aliphatic carbocycles. The lowest BCUT2D eigenvalue weighted by Gasteiger charge is -2.37. The lowest BCUT2D eigenvalue weighted by molar-refractivity contribution is -0.159. The van der Waals surface area contributed by atoms with Gasteiger partial charge in [0.25, 0.3) is 5.91 Å². The van der Waals surface area contributed by atoms with Crippen LogP contribution in [-0.4, -0.2) is 83.0 Å². The number of hydrogen-bond acceptors (Lipinski definition) is 7. The maximum Gasteiger partial charge on any atom is 0.414 e. The SMILES string of the molecule is CC(=O)N1N=C(C)CC12CCC1CN(C(=O)c3ncn(C)n3)CC12.O=C(O)C(=O)O. The average molecular weight is 420 g/mol. The number of carbonyl (C=O) groups is 4. The summed E-state index contributed by atoms with van der Waals surface area (Å²) in [5.41, 5.74) is 0.759. The summed E-state index contributed by atoms with van der Waals surface area (Å²) in [4.78, 5) is 48.9. The molecule has 162 valence electrons. The second-order valence-corrected chi connectivity index (χ2v) is 7.91. The summed E-state index contributed by atoms with van der Waals surface area (Å²) in [5.74, 6) is -2.84. The van der Waals surface area contributed by atoms with Crippen LogP contribution < -0.4 is 0 Å². The van der Waals surface area contributed by atoms with Gasteiger partial charge in [0.1, 0.15) is 6.33 Å². The predicted octanol–water partition coefficient (Wildman–Crippen LogP) is -0.180. The van der Waals surface area contributed by atoms with E-state index in [4.69, 9.17) is 19.8 Å². The molecule has 0 radical (unpaired) electrons. The number of nitrogens with zero attached hydrogens (tertiary/aromatic N) is 6. The van der Waals surface area contributed by atoms with Crippen molar-refractivity contribution >= 4 is 29.5 Å². The number of aryl methyl sites for hydroxylation is 1. The number of carbonyl (C=O) groups excluding carboxylic acids is 2. The number of likely N-dealkylation sites (tertiary alicyclic amines) is 1. The molecule has 1 spiro atoms. The third-order valence-corrected chi connectivity index (χ3v) is 5.89. The van der Waals surface area contributed by atoms with E-state index in [9.17, 15) is 9.59 Å². The Hall–Kier alpha value is -3.31. The van der Waals surface area contributed by atoms with E-state index >= 15 is 0 Å². The third kappa shape index (κ3) is 3.76. The van der Waals surface area contributed by atoms with Gasteiger partial charge in [-0.2, -0.15) is 5.10 Å². The molecule has 1 saturated heterocycles. The van der Waals surface area contributed by atoms with E-state index in [1.807, 2.05) is 11.8 Å². The average Bonchev–Trinajstić information content (AvgIpc) is 3.41. The molecule has 1 saturated carbocycles. The van der Waals surface area contributed by atoms with Crippen molar-refractivity contribution in [1.82, 2.24) is 24.7 Å². The second-order valence-electron chi connectivity index (χ2n) is 7.91. The molecular weight excluding hydrogens is 396 g/mol. The lowest BCUT2D eigenvalue weighted by atomic mass is 9.81. The van der Waals surface area contributed by atoms with Crippen molar-refractivity contribution < 1.29 is 29.4 Å². The number of aliphatic carboxylic acids is 2.